The van der Waals surface area contributed by atoms with Crippen LogP contribution in [0.1, 0.15) is 11.1 Å². The number of carbonyl (C=O) groups is 1. The largest absolute Gasteiger partial charge is 0.321 e. The fourth-order valence-electron chi connectivity index (χ4n) is 1.55. The molecule has 1 heterocycles. The van der Waals surface area contributed by atoms with Crippen molar-refractivity contribution in [3.63, 3.8) is 0 Å². The van der Waals surface area contributed by atoms with Crippen LogP contribution in [0.15, 0.2) is 48.7 Å². The smallest absolute Gasteiger partial charge is 0.248 e. The van der Waals surface area contributed by atoms with Crippen LogP contribution in [-0.2, 0) is 4.79 Å². The van der Waals surface area contributed by atoms with E-state index in [1.54, 1.807) is 12.1 Å². The summed E-state index contributed by atoms with van der Waals surface area (Å²) in [4.78, 5) is 15.7. The second-order valence-corrected chi connectivity index (χ2v) is 4.42. The molecule has 1 aromatic carbocycles. The van der Waals surface area contributed by atoms with Gasteiger partial charge in [-0.15, -0.1) is 0 Å². The van der Waals surface area contributed by atoms with Crippen molar-refractivity contribution in [2.24, 2.45) is 0 Å². The molecule has 0 aliphatic rings. The molecular weight excluding hydrogens is 260 g/mol. The Kier molecular flexibility index (Phi) is 4.31. The van der Waals surface area contributed by atoms with Crippen LogP contribution in [0, 0.1) is 6.92 Å². The Bertz CT molecular complexity index is 609. The van der Waals surface area contributed by atoms with Gasteiger partial charge in [-0.2, -0.15) is 0 Å². The first kappa shape index (κ1) is 13.3. The molecule has 0 atom stereocenters. The minimum absolute atomic E-state index is 0.202. The molecule has 0 spiro atoms. The van der Waals surface area contributed by atoms with E-state index in [9.17, 15) is 4.79 Å². The van der Waals surface area contributed by atoms with E-state index in [-0.39, 0.29) is 5.91 Å². The Morgan fingerprint density at radius 2 is 2.05 bits per heavy atom. The van der Waals surface area contributed by atoms with Gasteiger partial charge in [-0.05, 0) is 30.2 Å². The summed E-state index contributed by atoms with van der Waals surface area (Å²) in [6, 6.07) is 11.4. The molecule has 0 aliphatic carbocycles. The van der Waals surface area contributed by atoms with Gasteiger partial charge in [0, 0.05) is 6.08 Å². The highest BCUT2D eigenvalue weighted by Crippen LogP contribution is 2.16. The van der Waals surface area contributed by atoms with Crippen molar-refractivity contribution in [1.29, 1.82) is 0 Å². The van der Waals surface area contributed by atoms with Crippen molar-refractivity contribution in [3.8, 4) is 0 Å². The van der Waals surface area contributed by atoms with Gasteiger partial charge in [-0.25, -0.2) is 4.98 Å². The third-order valence-electron chi connectivity index (χ3n) is 2.51. The Morgan fingerprint density at radius 1 is 1.32 bits per heavy atom. The lowest BCUT2D eigenvalue weighted by atomic mass is 10.2. The van der Waals surface area contributed by atoms with Gasteiger partial charge in [-0.3, -0.25) is 4.79 Å². The zero-order valence-corrected chi connectivity index (χ0v) is 11.2. The lowest BCUT2D eigenvalue weighted by Gasteiger charge is -2.03. The highest BCUT2D eigenvalue weighted by atomic mass is 35.5. The molecule has 3 nitrogen and oxygen atoms in total. The van der Waals surface area contributed by atoms with E-state index in [1.807, 2.05) is 37.3 Å². The maximum Gasteiger partial charge on any atom is 0.248 e. The Morgan fingerprint density at radius 3 is 2.74 bits per heavy atom. The van der Waals surface area contributed by atoms with Gasteiger partial charge in [0.2, 0.25) is 5.91 Å². The average Bonchev–Trinajstić information content (AvgIpc) is 2.42. The van der Waals surface area contributed by atoms with E-state index < -0.39 is 0 Å². The molecule has 0 saturated heterocycles. The van der Waals surface area contributed by atoms with E-state index in [4.69, 9.17) is 11.6 Å². The molecule has 1 N–H and O–H groups in total. The second-order valence-electron chi connectivity index (χ2n) is 4.06. The summed E-state index contributed by atoms with van der Waals surface area (Å²) in [5.41, 5.74) is 2.43. The Hall–Kier alpha value is -2.13. The van der Waals surface area contributed by atoms with Crippen molar-refractivity contribution >= 4 is 29.3 Å². The molecule has 19 heavy (non-hydrogen) atoms. The number of benzene rings is 1. The van der Waals surface area contributed by atoms with Crippen LogP contribution in [0.5, 0.6) is 0 Å². The number of halogens is 1. The van der Waals surface area contributed by atoms with Crippen molar-refractivity contribution in [2.45, 2.75) is 6.92 Å². The number of amides is 1. The molecule has 1 aromatic heterocycles. The van der Waals surface area contributed by atoms with E-state index in [0.29, 0.717) is 10.8 Å². The van der Waals surface area contributed by atoms with Crippen LogP contribution < -0.4 is 5.32 Å². The maximum atomic E-state index is 11.7. The third-order valence-corrected chi connectivity index (χ3v) is 2.90. The number of aryl methyl sites for hydroxylation is 1. The predicted octanol–water partition coefficient (Wildman–Crippen LogP) is 3.70. The van der Waals surface area contributed by atoms with Crippen LogP contribution in [0.25, 0.3) is 6.08 Å². The first-order chi connectivity index (χ1) is 9.15. The van der Waals surface area contributed by atoms with Gasteiger partial charge in [0.15, 0.2) is 0 Å². The van der Waals surface area contributed by atoms with E-state index >= 15 is 0 Å². The van der Waals surface area contributed by atoms with Crippen molar-refractivity contribution in [1.82, 2.24) is 4.98 Å². The van der Waals surface area contributed by atoms with Crippen LogP contribution in [0.3, 0.4) is 0 Å². The van der Waals surface area contributed by atoms with Gasteiger partial charge < -0.3 is 5.32 Å². The highest BCUT2D eigenvalue weighted by molar-refractivity contribution is 6.30. The van der Waals surface area contributed by atoms with Gasteiger partial charge in [0.1, 0.15) is 5.15 Å². The number of hydrogen-bond acceptors (Lipinski definition) is 2. The number of pyridine rings is 1. The number of aromatic nitrogens is 1. The quantitative estimate of drug-likeness (QED) is 0.684. The van der Waals surface area contributed by atoms with Crippen LogP contribution >= 0.6 is 11.6 Å². The summed E-state index contributed by atoms with van der Waals surface area (Å²) in [6.45, 7) is 1.84. The molecule has 0 fully saturated rings. The number of carbonyl (C=O) groups excluding carboxylic acids is 1. The van der Waals surface area contributed by atoms with Gasteiger partial charge in [-0.1, -0.05) is 41.9 Å². The highest BCUT2D eigenvalue weighted by Gasteiger charge is 2.01. The Labute approximate surface area is 116 Å². The number of nitrogens with one attached hydrogen (secondary N) is 1. The molecule has 2 aromatic rings. The molecule has 0 saturated carbocycles. The summed E-state index contributed by atoms with van der Waals surface area (Å²) in [5.74, 6) is -0.202. The first-order valence-electron chi connectivity index (χ1n) is 5.81. The van der Waals surface area contributed by atoms with Crippen molar-refractivity contribution < 1.29 is 4.79 Å². The van der Waals surface area contributed by atoms with E-state index in [1.165, 1.54) is 12.3 Å². The predicted molar refractivity (Wildman–Crippen MR) is 78.1 cm³/mol. The van der Waals surface area contributed by atoms with Gasteiger partial charge in [0.05, 0.1) is 11.9 Å². The number of nitrogens with zero attached hydrogens (tertiary/aromatic N) is 1. The average molecular weight is 273 g/mol. The minimum Gasteiger partial charge on any atom is -0.321 e. The fraction of sp³-hybridized carbons (Fsp3) is 0.0667. The molecule has 0 unspecified atom stereocenters. The van der Waals surface area contributed by atoms with Gasteiger partial charge >= 0.3 is 0 Å². The normalized spacial score (nSPS) is 10.6. The minimum atomic E-state index is -0.202. The summed E-state index contributed by atoms with van der Waals surface area (Å²) in [6.07, 6.45) is 4.77. The summed E-state index contributed by atoms with van der Waals surface area (Å²) in [5, 5.41) is 3.18. The molecule has 0 aliphatic heterocycles. The van der Waals surface area contributed by atoms with E-state index in [2.05, 4.69) is 10.3 Å². The first-order valence-corrected chi connectivity index (χ1v) is 6.19. The van der Waals surface area contributed by atoms with Crippen LogP contribution in [0.2, 0.25) is 5.15 Å². The van der Waals surface area contributed by atoms with Crippen molar-refractivity contribution in [3.05, 3.63) is 65.0 Å². The van der Waals surface area contributed by atoms with Gasteiger partial charge in [0.25, 0.3) is 0 Å². The topological polar surface area (TPSA) is 42.0 Å². The summed E-state index contributed by atoms with van der Waals surface area (Å²) in [7, 11) is 0. The number of hydrogen-bond donors (Lipinski definition) is 1. The molecule has 0 bridgehead atoms. The summed E-state index contributed by atoms with van der Waals surface area (Å²) < 4.78 is 0. The summed E-state index contributed by atoms with van der Waals surface area (Å²) >= 11 is 5.82. The Balaban J connectivity index is 2.01. The molecule has 96 valence electrons. The lowest BCUT2D eigenvalue weighted by molar-refractivity contribution is -0.111. The SMILES string of the molecule is Cc1cc(NC(=O)/C=C/c2ccccc2)cnc1Cl. The second kappa shape index (κ2) is 6.16. The molecule has 2 rings (SSSR count). The fourth-order valence-corrected chi connectivity index (χ4v) is 1.65. The molecular formula is C15H13ClN2O. The molecule has 4 heteroatoms. The third kappa shape index (κ3) is 3.93. The van der Waals surface area contributed by atoms with Crippen molar-refractivity contribution in [2.75, 3.05) is 5.32 Å². The monoisotopic (exact) mass is 272 g/mol. The number of anilines is 1. The van der Waals surface area contributed by atoms with Crippen LogP contribution in [0.4, 0.5) is 5.69 Å². The zero-order valence-electron chi connectivity index (χ0n) is 10.4. The van der Waals surface area contributed by atoms with Crippen LogP contribution in [-0.4, -0.2) is 10.9 Å². The lowest BCUT2D eigenvalue weighted by Crippen LogP contribution is -2.08. The number of rotatable bonds is 3. The standard InChI is InChI=1S/C15H13ClN2O/c1-11-9-13(10-17-15(11)16)18-14(19)8-7-12-5-3-2-4-6-12/h2-10H,1H3,(H,18,19)/b8-7+. The molecule has 1 amide bonds. The zero-order chi connectivity index (χ0) is 13.7. The molecule has 0 radical (unpaired) electrons. The maximum absolute atomic E-state index is 11.7. The van der Waals surface area contributed by atoms with E-state index in [0.717, 1.165) is 11.1 Å².